The van der Waals surface area contributed by atoms with Gasteiger partial charge in [-0.25, -0.2) is 8.42 Å². The van der Waals surface area contributed by atoms with Crippen LogP contribution in [0.1, 0.15) is 42.5 Å². The Balaban J connectivity index is 1.83. The molecule has 0 aromatic heterocycles. The van der Waals surface area contributed by atoms with Gasteiger partial charge < -0.3 is 10.2 Å². The Bertz CT molecular complexity index is 1690. The van der Waals surface area contributed by atoms with Crippen LogP contribution in [-0.2, 0) is 32.6 Å². The van der Waals surface area contributed by atoms with Crippen LogP contribution in [0, 0.1) is 13.8 Å². The summed E-state index contributed by atoms with van der Waals surface area (Å²) in [6.07, 6.45) is 0.983. The molecule has 0 saturated heterocycles. The second kappa shape index (κ2) is 15.4. The molecule has 1 N–H and O–H groups in total. The van der Waals surface area contributed by atoms with Crippen molar-refractivity contribution in [1.82, 2.24) is 10.2 Å². The van der Waals surface area contributed by atoms with Gasteiger partial charge in [-0.15, -0.1) is 0 Å². The molecular weight excluding hydrogens is 650 g/mol. The van der Waals surface area contributed by atoms with E-state index >= 15 is 0 Å². The van der Waals surface area contributed by atoms with Gasteiger partial charge in [0.25, 0.3) is 10.0 Å². The Morgan fingerprint density at radius 3 is 2.02 bits per heavy atom. The van der Waals surface area contributed by atoms with Crippen molar-refractivity contribution in [2.45, 2.75) is 64.1 Å². The van der Waals surface area contributed by atoms with Gasteiger partial charge in [-0.2, -0.15) is 0 Å². The van der Waals surface area contributed by atoms with Gasteiger partial charge in [0.2, 0.25) is 11.8 Å². The highest BCUT2D eigenvalue weighted by Gasteiger charge is 2.35. The van der Waals surface area contributed by atoms with Gasteiger partial charge in [-0.05, 0) is 85.8 Å². The molecule has 7 nitrogen and oxygen atoms in total. The van der Waals surface area contributed by atoms with Crippen molar-refractivity contribution in [2.75, 3.05) is 10.8 Å². The molecular formula is C36H40BrN3O4S. The van der Waals surface area contributed by atoms with Crippen molar-refractivity contribution in [1.29, 1.82) is 0 Å². The van der Waals surface area contributed by atoms with Gasteiger partial charge in [-0.1, -0.05) is 89.6 Å². The standard InChI is InChI=1S/C36H40BrN3O4S/c1-5-28(4)38-36(42)34(23-29-13-8-6-9-14-29)39(24-30-15-12-16-31(37)22-30)35(41)25-40(32-20-26(2)19-27(3)21-32)45(43,44)33-17-10-7-11-18-33/h6-22,28,34H,5,23-25H2,1-4H3,(H,38,42)/t28-,34-/m1/s1. The maximum Gasteiger partial charge on any atom is 0.264 e. The summed E-state index contributed by atoms with van der Waals surface area (Å²) in [7, 11) is -4.15. The maximum atomic E-state index is 14.6. The zero-order chi connectivity index (χ0) is 32.6. The van der Waals surface area contributed by atoms with Crippen LogP contribution in [-0.4, -0.2) is 43.8 Å². The molecule has 4 aromatic carbocycles. The van der Waals surface area contributed by atoms with Crippen LogP contribution in [0.3, 0.4) is 0 Å². The number of sulfonamides is 1. The third kappa shape index (κ3) is 9.05. The number of hydrogen-bond donors (Lipinski definition) is 1. The van der Waals surface area contributed by atoms with Crippen LogP contribution in [0.4, 0.5) is 5.69 Å². The molecule has 9 heteroatoms. The molecule has 0 radical (unpaired) electrons. The molecule has 0 spiro atoms. The third-order valence-corrected chi connectivity index (χ3v) is 9.90. The van der Waals surface area contributed by atoms with Crippen molar-refractivity contribution < 1.29 is 18.0 Å². The summed E-state index contributed by atoms with van der Waals surface area (Å²) in [6, 6.07) is 29.7. The van der Waals surface area contributed by atoms with E-state index in [0.717, 1.165) is 37.5 Å². The summed E-state index contributed by atoms with van der Waals surface area (Å²) < 4.78 is 30.3. The summed E-state index contributed by atoms with van der Waals surface area (Å²) in [5.41, 5.74) is 3.81. The fraction of sp³-hybridized carbons (Fsp3) is 0.278. The van der Waals surface area contributed by atoms with Gasteiger partial charge >= 0.3 is 0 Å². The highest BCUT2D eigenvalue weighted by atomic mass is 79.9. The summed E-state index contributed by atoms with van der Waals surface area (Å²) >= 11 is 3.52. The minimum absolute atomic E-state index is 0.0749. The molecule has 4 aromatic rings. The monoisotopic (exact) mass is 689 g/mol. The number of carbonyl (C=O) groups is 2. The molecule has 0 saturated carbocycles. The molecule has 0 fully saturated rings. The molecule has 0 bridgehead atoms. The number of nitrogens with one attached hydrogen (secondary N) is 1. The lowest BCUT2D eigenvalue weighted by Gasteiger charge is -2.34. The van der Waals surface area contributed by atoms with Gasteiger partial charge in [0.1, 0.15) is 12.6 Å². The number of aryl methyl sites for hydroxylation is 2. The first kappa shape index (κ1) is 33.9. The fourth-order valence-corrected chi connectivity index (χ4v) is 7.04. The molecule has 2 atom stereocenters. The largest absolute Gasteiger partial charge is 0.352 e. The average molecular weight is 691 g/mol. The minimum atomic E-state index is -4.15. The van der Waals surface area contributed by atoms with Crippen molar-refractivity contribution in [2.24, 2.45) is 0 Å². The number of carbonyl (C=O) groups excluding carboxylic acids is 2. The number of anilines is 1. The predicted octanol–water partition coefficient (Wildman–Crippen LogP) is 6.82. The van der Waals surface area contributed by atoms with Crippen LogP contribution in [0.2, 0.25) is 0 Å². The first-order valence-electron chi connectivity index (χ1n) is 15.0. The van der Waals surface area contributed by atoms with E-state index in [1.165, 1.54) is 17.0 Å². The quantitative estimate of drug-likeness (QED) is 0.167. The Hall–Kier alpha value is -3.95. The lowest BCUT2D eigenvalue weighted by Crippen LogP contribution is -2.54. The molecule has 236 valence electrons. The third-order valence-electron chi connectivity index (χ3n) is 7.62. The Morgan fingerprint density at radius 2 is 1.42 bits per heavy atom. The number of amides is 2. The van der Waals surface area contributed by atoms with E-state index < -0.39 is 28.5 Å². The number of halogens is 1. The Labute approximate surface area is 275 Å². The molecule has 0 aliphatic carbocycles. The van der Waals surface area contributed by atoms with Crippen LogP contribution in [0.25, 0.3) is 0 Å². The highest BCUT2D eigenvalue weighted by Crippen LogP contribution is 2.27. The second-order valence-electron chi connectivity index (χ2n) is 11.3. The van der Waals surface area contributed by atoms with Gasteiger partial charge in [0.15, 0.2) is 0 Å². The van der Waals surface area contributed by atoms with E-state index in [2.05, 4.69) is 21.2 Å². The van der Waals surface area contributed by atoms with E-state index in [9.17, 15) is 18.0 Å². The number of benzene rings is 4. The van der Waals surface area contributed by atoms with E-state index in [4.69, 9.17) is 0 Å². The molecule has 0 heterocycles. The summed E-state index contributed by atoms with van der Waals surface area (Å²) in [6.45, 7) is 7.30. The average Bonchev–Trinajstić information content (AvgIpc) is 3.01. The van der Waals surface area contributed by atoms with Crippen LogP contribution in [0.15, 0.2) is 112 Å². The van der Waals surface area contributed by atoms with Crippen molar-refractivity contribution in [3.8, 4) is 0 Å². The molecule has 4 rings (SSSR count). The van der Waals surface area contributed by atoms with Crippen LogP contribution >= 0.6 is 15.9 Å². The molecule has 0 aliphatic heterocycles. The van der Waals surface area contributed by atoms with E-state index in [0.29, 0.717) is 5.69 Å². The first-order chi connectivity index (χ1) is 21.5. The zero-order valence-corrected chi connectivity index (χ0v) is 28.5. The van der Waals surface area contributed by atoms with Crippen molar-refractivity contribution in [3.63, 3.8) is 0 Å². The van der Waals surface area contributed by atoms with Crippen molar-refractivity contribution >= 4 is 43.5 Å². The normalized spacial score (nSPS) is 12.6. The summed E-state index contributed by atoms with van der Waals surface area (Å²) in [5, 5.41) is 3.06. The molecule has 0 aliphatic rings. The summed E-state index contributed by atoms with van der Waals surface area (Å²) in [5.74, 6) is -0.783. The highest BCUT2D eigenvalue weighted by molar-refractivity contribution is 9.10. The van der Waals surface area contributed by atoms with Crippen molar-refractivity contribution in [3.05, 3.63) is 130 Å². The fourth-order valence-electron chi connectivity index (χ4n) is 5.17. The van der Waals surface area contributed by atoms with Crippen LogP contribution < -0.4 is 9.62 Å². The van der Waals surface area contributed by atoms with E-state index in [1.54, 1.807) is 30.3 Å². The van der Waals surface area contributed by atoms with E-state index in [1.807, 2.05) is 88.4 Å². The van der Waals surface area contributed by atoms with E-state index in [-0.39, 0.29) is 29.8 Å². The minimum Gasteiger partial charge on any atom is -0.352 e. The lowest BCUT2D eigenvalue weighted by molar-refractivity contribution is -0.140. The first-order valence-corrected chi connectivity index (χ1v) is 17.3. The molecule has 2 amide bonds. The smallest absolute Gasteiger partial charge is 0.264 e. The maximum absolute atomic E-state index is 14.6. The van der Waals surface area contributed by atoms with Gasteiger partial charge in [-0.3, -0.25) is 13.9 Å². The molecule has 45 heavy (non-hydrogen) atoms. The zero-order valence-electron chi connectivity index (χ0n) is 26.1. The number of hydrogen-bond acceptors (Lipinski definition) is 4. The summed E-state index contributed by atoms with van der Waals surface area (Å²) in [4.78, 5) is 30.1. The van der Waals surface area contributed by atoms with Gasteiger partial charge in [0.05, 0.1) is 10.6 Å². The predicted molar refractivity (Wildman–Crippen MR) is 183 cm³/mol. The number of rotatable bonds is 13. The Morgan fingerprint density at radius 1 is 0.822 bits per heavy atom. The topological polar surface area (TPSA) is 86.8 Å². The lowest BCUT2D eigenvalue weighted by atomic mass is 10.0. The second-order valence-corrected chi connectivity index (χ2v) is 14.1. The SMILES string of the molecule is CC[C@@H](C)NC(=O)[C@@H](Cc1ccccc1)N(Cc1cccc(Br)c1)C(=O)CN(c1cc(C)cc(C)c1)S(=O)(=O)c1ccccc1. The van der Waals surface area contributed by atoms with Gasteiger partial charge in [0, 0.05) is 23.5 Å². The van der Waals surface area contributed by atoms with Crippen LogP contribution in [0.5, 0.6) is 0 Å². The number of nitrogens with zero attached hydrogens (tertiary/aromatic N) is 2. The molecule has 0 unspecified atom stereocenters. The Kier molecular flexibility index (Phi) is 11.6.